The van der Waals surface area contributed by atoms with Crippen molar-refractivity contribution >= 4 is 16.2 Å². The minimum atomic E-state index is -3.53. The first-order chi connectivity index (χ1) is 5.93. The van der Waals surface area contributed by atoms with E-state index in [2.05, 4.69) is 4.40 Å². The Labute approximate surface area is 77.3 Å². The highest BCUT2D eigenvalue weighted by Crippen LogP contribution is 2.17. The number of hydrogen-bond donors (Lipinski definition) is 1. The van der Waals surface area contributed by atoms with E-state index in [-0.39, 0.29) is 23.3 Å². The second kappa shape index (κ2) is 3.47. The van der Waals surface area contributed by atoms with Crippen molar-refractivity contribution in [3.8, 4) is 0 Å². The minimum absolute atomic E-state index is 0.00810. The first-order valence-electron chi connectivity index (χ1n) is 3.84. The van der Waals surface area contributed by atoms with Gasteiger partial charge >= 0.3 is 0 Å². The van der Waals surface area contributed by atoms with Gasteiger partial charge in [0.25, 0.3) is 10.0 Å². The lowest BCUT2D eigenvalue weighted by Gasteiger charge is -2.07. The fourth-order valence-electron chi connectivity index (χ4n) is 0.811. The Balaban J connectivity index is 2.76. The Morgan fingerprint density at radius 2 is 2.23 bits per heavy atom. The van der Waals surface area contributed by atoms with Gasteiger partial charge in [0.15, 0.2) is 0 Å². The van der Waals surface area contributed by atoms with Gasteiger partial charge < -0.3 is 10.5 Å². The third-order valence-corrected chi connectivity index (χ3v) is 2.87. The molecule has 0 unspecified atom stereocenters. The molecule has 0 atom stereocenters. The molecule has 1 heterocycles. The first-order valence-corrected chi connectivity index (χ1v) is 5.28. The van der Waals surface area contributed by atoms with Crippen LogP contribution in [0.5, 0.6) is 0 Å². The van der Waals surface area contributed by atoms with Crippen LogP contribution in [0.25, 0.3) is 0 Å². The van der Waals surface area contributed by atoms with Crippen LogP contribution < -0.4 is 5.73 Å². The Bertz CT molecular complexity index is 354. The topological polar surface area (TPSA) is 81.8 Å². The van der Waals surface area contributed by atoms with Gasteiger partial charge in [-0.05, 0) is 13.8 Å². The summed E-state index contributed by atoms with van der Waals surface area (Å²) >= 11 is 0. The Morgan fingerprint density at radius 1 is 1.62 bits per heavy atom. The molecule has 1 aliphatic rings. The zero-order valence-electron chi connectivity index (χ0n) is 7.52. The van der Waals surface area contributed by atoms with Gasteiger partial charge in [0.2, 0.25) is 0 Å². The Hall–Kier alpha value is -0.880. The van der Waals surface area contributed by atoms with Crippen LogP contribution in [0, 0.1) is 0 Å². The molecule has 0 bridgehead atoms. The SMILES string of the molecule is CC(C)OCC1=C(N)C=NS1(=O)=O. The molecule has 0 spiro atoms. The maximum atomic E-state index is 11.2. The molecular weight excluding hydrogens is 192 g/mol. The highest BCUT2D eigenvalue weighted by Gasteiger charge is 2.24. The van der Waals surface area contributed by atoms with Crippen LogP contribution in [0.15, 0.2) is 15.0 Å². The second-order valence-corrected chi connectivity index (χ2v) is 4.60. The van der Waals surface area contributed by atoms with Crippen LogP contribution in [0.3, 0.4) is 0 Å². The van der Waals surface area contributed by atoms with E-state index in [9.17, 15) is 8.42 Å². The van der Waals surface area contributed by atoms with Crippen molar-refractivity contribution in [1.29, 1.82) is 0 Å². The van der Waals surface area contributed by atoms with Crippen LogP contribution in [0.1, 0.15) is 13.8 Å². The number of allylic oxidation sites excluding steroid dienone is 1. The minimum Gasteiger partial charge on any atom is -0.397 e. The van der Waals surface area contributed by atoms with Crippen LogP contribution >= 0.6 is 0 Å². The van der Waals surface area contributed by atoms with Crippen molar-refractivity contribution in [2.45, 2.75) is 20.0 Å². The molecule has 74 valence electrons. The van der Waals surface area contributed by atoms with Crippen molar-refractivity contribution in [3.05, 3.63) is 10.6 Å². The summed E-state index contributed by atoms with van der Waals surface area (Å²) in [5, 5.41) is 0. The monoisotopic (exact) mass is 204 g/mol. The molecule has 0 aromatic carbocycles. The predicted octanol–water partition coefficient (Wildman–Crippen LogP) is -0.00410. The van der Waals surface area contributed by atoms with Crippen LogP contribution in [-0.4, -0.2) is 27.3 Å². The molecule has 1 rings (SSSR count). The Kier molecular flexibility index (Phi) is 2.72. The molecule has 0 aromatic heterocycles. The highest BCUT2D eigenvalue weighted by atomic mass is 32.2. The van der Waals surface area contributed by atoms with E-state index in [1.54, 1.807) is 0 Å². The molecule has 6 heteroatoms. The summed E-state index contributed by atoms with van der Waals surface area (Å²) in [5.74, 6) is 0. The van der Waals surface area contributed by atoms with Gasteiger partial charge in [0.1, 0.15) is 4.91 Å². The molecule has 1 aliphatic heterocycles. The van der Waals surface area contributed by atoms with Gasteiger partial charge in [-0.25, -0.2) is 0 Å². The summed E-state index contributed by atoms with van der Waals surface area (Å²) in [6, 6.07) is 0. The van der Waals surface area contributed by atoms with Crippen molar-refractivity contribution in [2.75, 3.05) is 6.61 Å². The molecule has 2 N–H and O–H groups in total. The fourth-order valence-corrected chi connectivity index (χ4v) is 1.76. The molecule has 0 saturated heterocycles. The highest BCUT2D eigenvalue weighted by molar-refractivity contribution is 7.94. The zero-order chi connectivity index (χ0) is 10.1. The van der Waals surface area contributed by atoms with E-state index in [1.165, 1.54) is 0 Å². The standard InChI is InChI=1S/C7H12N2O3S/c1-5(2)12-4-7-6(8)3-9-13(7,10)11/h3,5H,4,8H2,1-2H3. The van der Waals surface area contributed by atoms with Crippen molar-refractivity contribution in [2.24, 2.45) is 10.1 Å². The lowest BCUT2D eigenvalue weighted by molar-refractivity contribution is 0.100. The fraction of sp³-hybridized carbons (Fsp3) is 0.571. The number of nitrogens with two attached hydrogens (primary N) is 1. The summed E-state index contributed by atoms with van der Waals surface area (Å²) in [4.78, 5) is 0.0567. The van der Waals surface area contributed by atoms with Gasteiger partial charge in [0, 0.05) is 0 Å². The number of hydrogen-bond acceptors (Lipinski definition) is 4. The Morgan fingerprint density at radius 3 is 2.62 bits per heavy atom. The number of ether oxygens (including phenoxy) is 1. The molecular formula is C7H12N2O3S. The first kappa shape index (κ1) is 10.2. The van der Waals surface area contributed by atoms with E-state index in [4.69, 9.17) is 10.5 Å². The van der Waals surface area contributed by atoms with Gasteiger partial charge in [-0.1, -0.05) is 0 Å². The second-order valence-electron chi connectivity index (χ2n) is 2.95. The largest absolute Gasteiger partial charge is 0.397 e. The van der Waals surface area contributed by atoms with Crippen LogP contribution in [-0.2, 0) is 14.8 Å². The normalized spacial score (nSPS) is 20.2. The predicted molar refractivity (Wildman–Crippen MR) is 49.7 cm³/mol. The average molecular weight is 204 g/mol. The van der Waals surface area contributed by atoms with E-state index in [0.717, 1.165) is 6.21 Å². The molecule has 0 fully saturated rings. The molecule has 0 saturated carbocycles. The molecule has 0 radical (unpaired) electrons. The summed E-state index contributed by atoms with van der Waals surface area (Å²) < 4.78 is 30.7. The smallest absolute Gasteiger partial charge is 0.282 e. The van der Waals surface area contributed by atoms with Gasteiger partial charge in [-0.2, -0.15) is 12.8 Å². The maximum absolute atomic E-state index is 11.2. The molecule has 0 aromatic rings. The van der Waals surface area contributed by atoms with Crippen LogP contribution in [0.2, 0.25) is 0 Å². The van der Waals surface area contributed by atoms with Gasteiger partial charge in [-0.15, -0.1) is 0 Å². The zero-order valence-corrected chi connectivity index (χ0v) is 8.34. The van der Waals surface area contributed by atoms with E-state index < -0.39 is 10.0 Å². The summed E-state index contributed by atoms with van der Waals surface area (Å²) in [6.07, 6.45) is 1.10. The van der Waals surface area contributed by atoms with E-state index in [1.807, 2.05) is 13.8 Å². The molecule has 0 amide bonds. The lowest BCUT2D eigenvalue weighted by atomic mass is 10.4. The average Bonchev–Trinajstić information content (AvgIpc) is 2.23. The summed E-state index contributed by atoms with van der Waals surface area (Å²) in [5.41, 5.74) is 5.58. The van der Waals surface area contributed by atoms with Gasteiger partial charge in [0.05, 0.1) is 24.6 Å². The van der Waals surface area contributed by atoms with Gasteiger partial charge in [-0.3, -0.25) is 0 Å². The number of rotatable bonds is 3. The molecule has 5 nitrogen and oxygen atoms in total. The quantitative estimate of drug-likeness (QED) is 0.701. The molecule has 13 heavy (non-hydrogen) atoms. The lowest BCUT2D eigenvalue weighted by Crippen LogP contribution is -2.13. The molecule has 0 aliphatic carbocycles. The summed E-state index contributed by atoms with van der Waals surface area (Å²) in [7, 11) is -3.53. The van der Waals surface area contributed by atoms with Crippen molar-refractivity contribution in [3.63, 3.8) is 0 Å². The third kappa shape index (κ3) is 2.28. The van der Waals surface area contributed by atoms with E-state index in [0.29, 0.717) is 0 Å². The van der Waals surface area contributed by atoms with Crippen molar-refractivity contribution < 1.29 is 13.2 Å². The maximum Gasteiger partial charge on any atom is 0.282 e. The summed E-state index contributed by atoms with van der Waals surface area (Å²) in [6.45, 7) is 3.63. The number of sulfonamides is 1. The van der Waals surface area contributed by atoms with Crippen LogP contribution in [0.4, 0.5) is 0 Å². The van der Waals surface area contributed by atoms with E-state index >= 15 is 0 Å². The third-order valence-electron chi connectivity index (χ3n) is 1.51. The van der Waals surface area contributed by atoms with Crippen molar-refractivity contribution in [1.82, 2.24) is 0 Å². The number of nitrogens with zero attached hydrogens (tertiary/aromatic N) is 1.